The fourth-order valence-corrected chi connectivity index (χ4v) is 5.50. The summed E-state index contributed by atoms with van der Waals surface area (Å²) in [5.41, 5.74) is 1.19. The van der Waals surface area contributed by atoms with Crippen LogP contribution in [0, 0.1) is 5.92 Å². The number of anilines is 1. The summed E-state index contributed by atoms with van der Waals surface area (Å²) in [7, 11) is 0. The lowest BCUT2D eigenvalue weighted by atomic mass is 10.0. The normalized spacial score (nSPS) is 20.1. The molecule has 1 aromatic carbocycles. The molecule has 5 rings (SSSR count). The molecule has 0 aliphatic carbocycles. The highest BCUT2D eigenvalue weighted by Crippen LogP contribution is 2.27. The third kappa shape index (κ3) is 4.40. The van der Waals surface area contributed by atoms with Gasteiger partial charge < -0.3 is 9.80 Å². The first-order valence-electron chi connectivity index (χ1n) is 11.3. The Morgan fingerprint density at radius 1 is 1.12 bits per heavy atom. The quantitative estimate of drug-likeness (QED) is 0.605. The molecule has 2 fully saturated rings. The molecule has 168 valence electrons. The molecule has 2 aliphatic rings. The van der Waals surface area contributed by atoms with Crippen LogP contribution >= 0.6 is 11.3 Å². The van der Waals surface area contributed by atoms with Crippen LogP contribution in [-0.4, -0.2) is 69.6 Å². The van der Waals surface area contributed by atoms with Crippen LogP contribution < -0.4 is 10.5 Å². The lowest BCUT2D eigenvalue weighted by molar-refractivity contribution is 0.0619. The Bertz CT molecular complexity index is 1150. The first-order valence-corrected chi connectivity index (χ1v) is 12.1. The number of carbonyl (C=O) groups excluding carboxylic acids is 1. The van der Waals surface area contributed by atoms with Gasteiger partial charge in [-0.25, -0.2) is 0 Å². The van der Waals surface area contributed by atoms with Gasteiger partial charge in [-0.15, -0.1) is 5.10 Å². The van der Waals surface area contributed by atoms with E-state index in [0.717, 1.165) is 44.3 Å². The number of hydrogen-bond donors (Lipinski definition) is 0. The number of aromatic nitrogens is 3. The third-order valence-corrected chi connectivity index (χ3v) is 7.27. The summed E-state index contributed by atoms with van der Waals surface area (Å²) in [6.07, 6.45) is 2.35. The van der Waals surface area contributed by atoms with E-state index >= 15 is 0 Å². The minimum Gasteiger partial charge on any atom is -0.346 e. The summed E-state index contributed by atoms with van der Waals surface area (Å²) in [5, 5.41) is 5.53. The van der Waals surface area contributed by atoms with Crippen LogP contribution in [0.5, 0.6) is 0 Å². The third-order valence-electron chi connectivity index (χ3n) is 6.30. The van der Waals surface area contributed by atoms with Gasteiger partial charge in [0, 0.05) is 51.9 Å². The van der Waals surface area contributed by atoms with E-state index in [9.17, 15) is 9.59 Å². The predicted octanol–water partition coefficient (Wildman–Crippen LogP) is 2.35. The molecule has 1 amide bonds. The average Bonchev–Trinajstić information content (AvgIpc) is 3.23. The highest BCUT2D eigenvalue weighted by atomic mass is 32.1. The maximum absolute atomic E-state index is 13.3. The summed E-state index contributed by atoms with van der Waals surface area (Å²) in [5.74, 6) is 0.458. The lowest BCUT2D eigenvalue weighted by Gasteiger charge is -2.34. The predicted molar refractivity (Wildman–Crippen MR) is 125 cm³/mol. The second-order valence-corrected chi connectivity index (χ2v) is 9.74. The topological polar surface area (TPSA) is 74.1 Å². The zero-order valence-electron chi connectivity index (χ0n) is 18.3. The number of amides is 1. The summed E-state index contributed by atoms with van der Waals surface area (Å²) in [6, 6.07) is 11.7. The maximum Gasteiger partial charge on any atom is 0.274 e. The molecule has 32 heavy (non-hydrogen) atoms. The van der Waals surface area contributed by atoms with E-state index in [0.29, 0.717) is 29.7 Å². The zero-order chi connectivity index (χ0) is 22.1. The van der Waals surface area contributed by atoms with Gasteiger partial charge in [0.15, 0.2) is 0 Å². The minimum absolute atomic E-state index is 0.150. The van der Waals surface area contributed by atoms with E-state index in [2.05, 4.69) is 33.8 Å². The molecule has 3 aromatic rings. The Morgan fingerprint density at radius 3 is 2.66 bits per heavy atom. The van der Waals surface area contributed by atoms with Crippen molar-refractivity contribution >= 4 is 27.3 Å². The molecule has 0 bridgehead atoms. The second-order valence-electron chi connectivity index (χ2n) is 8.81. The molecule has 0 saturated carbocycles. The van der Waals surface area contributed by atoms with Crippen molar-refractivity contribution in [1.29, 1.82) is 0 Å². The molecular formula is C23H28N6O2S. The van der Waals surface area contributed by atoms with Crippen molar-refractivity contribution in [3.05, 3.63) is 58.0 Å². The van der Waals surface area contributed by atoms with Crippen molar-refractivity contribution in [2.75, 3.05) is 44.2 Å². The Labute approximate surface area is 191 Å². The van der Waals surface area contributed by atoms with Gasteiger partial charge in [0.05, 0.1) is 0 Å². The number of fused-ring (bicyclic) bond motifs is 1. The molecule has 1 unspecified atom stereocenters. The van der Waals surface area contributed by atoms with Gasteiger partial charge in [-0.1, -0.05) is 48.6 Å². The maximum atomic E-state index is 13.3. The van der Waals surface area contributed by atoms with Crippen molar-refractivity contribution in [3.8, 4) is 0 Å². The van der Waals surface area contributed by atoms with E-state index in [1.54, 1.807) is 4.52 Å². The number of hydrogen-bond acceptors (Lipinski definition) is 7. The molecule has 2 aliphatic heterocycles. The molecule has 1 atom stereocenters. The van der Waals surface area contributed by atoms with Crippen molar-refractivity contribution in [1.82, 2.24) is 24.4 Å². The van der Waals surface area contributed by atoms with Gasteiger partial charge in [0.1, 0.15) is 5.69 Å². The molecule has 2 aromatic heterocycles. The van der Waals surface area contributed by atoms with Crippen molar-refractivity contribution in [3.63, 3.8) is 0 Å². The van der Waals surface area contributed by atoms with Gasteiger partial charge in [-0.2, -0.15) is 9.50 Å². The molecular weight excluding hydrogens is 424 g/mol. The molecule has 8 nitrogen and oxygen atoms in total. The van der Waals surface area contributed by atoms with Gasteiger partial charge in [-0.05, 0) is 24.3 Å². The van der Waals surface area contributed by atoms with E-state index in [1.165, 1.54) is 29.4 Å². The van der Waals surface area contributed by atoms with Gasteiger partial charge >= 0.3 is 0 Å². The Balaban J connectivity index is 1.33. The smallest absolute Gasteiger partial charge is 0.274 e. The fourth-order valence-electron chi connectivity index (χ4n) is 4.56. The molecule has 9 heteroatoms. The van der Waals surface area contributed by atoms with Gasteiger partial charge in [0.25, 0.3) is 11.5 Å². The standard InChI is InChI=1S/C23H28N6O2S/c1-17-6-5-9-28(15-17)23-25-29-19(14-20(30)24-22(29)32-23)21(31)27-12-10-26(11-13-27)16-18-7-3-2-4-8-18/h2-4,7-8,14,17H,5-6,9-13,15-16H2,1H3. The van der Waals surface area contributed by atoms with Crippen LogP contribution in [0.2, 0.25) is 0 Å². The van der Waals surface area contributed by atoms with Gasteiger partial charge in [-0.3, -0.25) is 14.5 Å². The number of carbonyl (C=O) groups is 1. The Hall–Kier alpha value is -2.78. The number of nitrogens with zero attached hydrogens (tertiary/aromatic N) is 6. The molecule has 0 N–H and O–H groups in total. The van der Waals surface area contributed by atoms with Gasteiger partial charge in [0.2, 0.25) is 10.1 Å². The fraction of sp³-hybridized carbons (Fsp3) is 0.478. The number of piperidine rings is 1. The largest absolute Gasteiger partial charge is 0.346 e. The Kier molecular flexibility index (Phi) is 5.93. The van der Waals surface area contributed by atoms with Crippen LogP contribution in [-0.2, 0) is 6.54 Å². The number of piperazine rings is 1. The highest BCUT2D eigenvalue weighted by Gasteiger charge is 2.27. The summed E-state index contributed by atoms with van der Waals surface area (Å²) >= 11 is 1.39. The molecule has 0 radical (unpaired) electrons. The highest BCUT2D eigenvalue weighted by molar-refractivity contribution is 7.20. The van der Waals surface area contributed by atoms with Crippen LogP contribution in [0.4, 0.5) is 5.13 Å². The lowest BCUT2D eigenvalue weighted by Crippen LogP contribution is -2.48. The second kappa shape index (κ2) is 8.99. The summed E-state index contributed by atoms with van der Waals surface area (Å²) < 4.78 is 1.57. The van der Waals surface area contributed by atoms with Crippen LogP contribution in [0.1, 0.15) is 35.8 Å². The zero-order valence-corrected chi connectivity index (χ0v) is 19.1. The Morgan fingerprint density at radius 2 is 1.91 bits per heavy atom. The van der Waals surface area contributed by atoms with E-state index < -0.39 is 5.56 Å². The van der Waals surface area contributed by atoms with E-state index in [1.807, 2.05) is 23.1 Å². The number of rotatable bonds is 4. The van der Waals surface area contributed by atoms with Crippen molar-refractivity contribution in [2.45, 2.75) is 26.3 Å². The summed E-state index contributed by atoms with van der Waals surface area (Å²) in [4.78, 5) is 36.6. The number of benzene rings is 1. The van der Waals surface area contributed by atoms with E-state index in [-0.39, 0.29) is 5.91 Å². The first-order chi connectivity index (χ1) is 15.6. The first kappa shape index (κ1) is 21.1. The van der Waals surface area contributed by atoms with Crippen molar-refractivity contribution in [2.24, 2.45) is 5.92 Å². The van der Waals surface area contributed by atoms with E-state index in [4.69, 9.17) is 5.10 Å². The monoisotopic (exact) mass is 452 g/mol. The minimum atomic E-state index is -0.390. The molecule has 0 spiro atoms. The molecule has 2 saturated heterocycles. The average molecular weight is 453 g/mol. The van der Waals surface area contributed by atoms with Crippen LogP contribution in [0.25, 0.3) is 4.96 Å². The molecule has 4 heterocycles. The summed E-state index contributed by atoms with van der Waals surface area (Å²) in [6.45, 7) is 7.88. The van der Waals surface area contributed by atoms with Crippen molar-refractivity contribution < 1.29 is 4.79 Å². The van der Waals surface area contributed by atoms with Crippen LogP contribution in [0.3, 0.4) is 0 Å². The SMILES string of the molecule is CC1CCCN(c2nn3c(C(=O)N4CCN(Cc5ccccc5)CC4)cc(=O)nc3s2)C1. The van der Waals surface area contributed by atoms with Crippen LogP contribution in [0.15, 0.2) is 41.2 Å².